The molecule has 17 heavy (non-hydrogen) atoms. The molecule has 3 aliphatic heterocycles. The van der Waals surface area contributed by atoms with Crippen LogP contribution < -0.4 is 0 Å². The number of hydrogen-bond donors (Lipinski definition) is 2. The topological polar surface area (TPSA) is 68.2 Å². The van der Waals surface area contributed by atoms with Crippen molar-refractivity contribution >= 4 is 0 Å². The van der Waals surface area contributed by atoms with E-state index in [2.05, 4.69) is 0 Å². The molecule has 3 heterocycles. The van der Waals surface area contributed by atoms with Gasteiger partial charge in [0.25, 0.3) is 0 Å². The van der Waals surface area contributed by atoms with Crippen molar-refractivity contribution in [3.05, 3.63) is 12.2 Å². The number of ether oxygens (including phenoxy) is 3. The Hall–Kier alpha value is -0.460. The minimum absolute atomic E-state index is 0.365. The zero-order chi connectivity index (χ0) is 12.0. The van der Waals surface area contributed by atoms with Gasteiger partial charge >= 0.3 is 0 Å². The molecule has 0 aromatic rings. The van der Waals surface area contributed by atoms with E-state index in [-0.39, 0.29) is 0 Å². The van der Waals surface area contributed by atoms with Crippen LogP contribution in [0.15, 0.2) is 12.2 Å². The molecule has 0 aromatic carbocycles. The quantitative estimate of drug-likeness (QED) is 0.661. The van der Waals surface area contributed by atoms with Crippen LogP contribution in [0.25, 0.3) is 0 Å². The van der Waals surface area contributed by atoms with Gasteiger partial charge in [-0.2, -0.15) is 0 Å². The van der Waals surface area contributed by atoms with Crippen molar-refractivity contribution in [1.82, 2.24) is 0 Å². The number of hydrogen-bond acceptors (Lipinski definition) is 5. The molecule has 1 spiro atoms. The molecule has 2 saturated heterocycles. The van der Waals surface area contributed by atoms with Crippen LogP contribution in [0.3, 0.4) is 0 Å². The summed E-state index contributed by atoms with van der Waals surface area (Å²) < 4.78 is 16.4. The first-order valence-corrected chi connectivity index (χ1v) is 6.21. The second kappa shape index (κ2) is 3.76. The van der Waals surface area contributed by atoms with Crippen molar-refractivity contribution in [1.29, 1.82) is 0 Å². The second-order valence-electron chi connectivity index (χ2n) is 4.99. The van der Waals surface area contributed by atoms with E-state index in [0.29, 0.717) is 32.5 Å². The maximum atomic E-state index is 10.4. The fraction of sp³-hybridized carbons (Fsp3) is 0.833. The third kappa shape index (κ3) is 1.73. The lowest BCUT2D eigenvalue weighted by atomic mass is 10.0. The number of aliphatic hydroxyl groups is 2. The molecule has 0 amide bonds. The van der Waals surface area contributed by atoms with Crippen LogP contribution in [0, 0.1) is 0 Å². The molecule has 5 heteroatoms. The van der Waals surface area contributed by atoms with Crippen LogP contribution in [0.5, 0.6) is 0 Å². The zero-order valence-electron chi connectivity index (χ0n) is 9.72. The molecular formula is C12H18O5. The minimum atomic E-state index is -1.79. The van der Waals surface area contributed by atoms with E-state index in [1.807, 2.05) is 0 Å². The summed E-state index contributed by atoms with van der Waals surface area (Å²) >= 11 is 0. The highest BCUT2D eigenvalue weighted by Gasteiger charge is 2.59. The lowest BCUT2D eigenvalue weighted by Crippen LogP contribution is -2.56. The minimum Gasteiger partial charge on any atom is -0.361 e. The predicted molar refractivity (Wildman–Crippen MR) is 57.8 cm³/mol. The maximum absolute atomic E-state index is 10.4. The standard InChI is InChI=1S/C12H18O5/c13-11(5-3-9-16-11)12(14)7-6-10(17-12)4-1-2-8-15-10/h6-7,13-14H,1-5,8-9H2. The predicted octanol–water partition coefficient (Wildman–Crippen LogP) is 0.657. The van der Waals surface area contributed by atoms with Crippen LogP contribution in [0.1, 0.15) is 32.1 Å². The Morgan fingerprint density at radius 1 is 0.882 bits per heavy atom. The van der Waals surface area contributed by atoms with Gasteiger partial charge in [0.1, 0.15) is 0 Å². The fourth-order valence-electron chi connectivity index (χ4n) is 2.69. The Balaban J connectivity index is 1.80. The molecule has 2 fully saturated rings. The van der Waals surface area contributed by atoms with E-state index >= 15 is 0 Å². The van der Waals surface area contributed by atoms with E-state index in [9.17, 15) is 10.2 Å². The van der Waals surface area contributed by atoms with Crippen LogP contribution in [-0.4, -0.2) is 40.8 Å². The maximum Gasteiger partial charge on any atom is 0.244 e. The lowest BCUT2D eigenvalue weighted by Gasteiger charge is -2.40. The summed E-state index contributed by atoms with van der Waals surface area (Å²) in [6.45, 7) is 1.05. The van der Waals surface area contributed by atoms with Crippen LogP contribution in [-0.2, 0) is 14.2 Å². The van der Waals surface area contributed by atoms with Crippen molar-refractivity contribution in [2.45, 2.75) is 49.5 Å². The summed E-state index contributed by atoms with van der Waals surface area (Å²) in [6, 6.07) is 0. The molecule has 3 rings (SSSR count). The SMILES string of the molecule is OC1(C2(O)CCCO2)C=CC2(CCCCO2)O1. The summed E-state index contributed by atoms with van der Waals surface area (Å²) in [5.74, 6) is -4.32. The summed E-state index contributed by atoms with van der Waals surface area (Å²) in [7, 11) is 0. The highest BCUT2D eigenvalue weighted by molar-refractivity contribution is 5.16. The molecule has 96 valence electrons. The van der Waals surface area contributed by atoms with E-state index in [1.165, 1.54) is 6.08 Å². The van der Waals surface area contributed by atoms with E-state index < -0.39 is 17.4 Å². The zero-order valence-corrected chi connectivity index (χ0v) is 9.72. The monoisotopic (exact) mass is 242 g/mol. The summed E-state index contributed by atoms with van der Waals surface area (Å²) in [4.78, 5) is 0. The molecule has 0 saturated carbocycles. The molecular weight excluding hydrogens is 224 g/mol. The average molecular weight is 242 g/mol. The van der Waals surface area contributed by atoms with Gasteiger partial charge in [-0.1, -0.05) is 0 Å². The largest absolute Gasteiger partial charge is 0.361 e. The molecule has 0 aromatic heterocycles. The van der Waals surface area contributed by atoms with Gasteiger partial charge in [0.2, 0.25) is 11.6 Å². The van der Waals surface area contributed by atoms with Crippen molar-refractivity contribution < 1.29 is 24.4 Å². The van der Waals surface area contributed by atoms with Crippen molar-refractivity contribution in [2.75, 3.05) is 13.2 Å². The van der Waals surface area contributed by atoms with Gasteiger partial charge in [-0.25, -0.2) is 0 Å². The van der Waals surface area contributed by atoms with Gasteiger partial charge < -0.3 is 24.4 Å². The van der Waals surface area contributed by atoms with Gasteiger partial charge in [0.15, 0.2) is 5.79 Å². The van der Waals surface area contributed by atoms with Crippen LogP contribution in [0.4, 0.5) is 0 Å². The Labute approximate surface area is 100.0 Å². The van der Waals surface area contributed by atoms with Gasteiger partial charge in [0, 0.05) is 12.8 Å². The Morgan fingerprint density at radius 2 is 1.71 bits per heavy atom. The molecule has 3 atom stereocenters. The Bertz CT molecular complexity index is 328. The molecule has 2 N–H and O–H groups in total. The third-order valence-corrected chi connectivity index (χ3v) is 3.72. The van der Waals surface area contributed by atoms with Crippen LogP contribution >= 0.6 is 0 Å². The Morgan fingerprint density at radius 3 is 2.35 bits per heavy atom. The molecule has 0 radical (unpaired) electrons. The summed E-state index contributed by atoms with van der Waals surface area (Å²) in [5.41, 5.74) is 0. The van der Waals surface area contributed by atoms with Gasteiger partial charge in [-0.05, 0) is 31.4 Å². The van der Waals surface area contributed by atoms with E-state index in [1.54, 1.807) is 6.08 Å². The molecule has 5 nitrogen and oxygen atoms in total. The number of rotatable bonds is 1. The van der Waals surface area contributed by atoms with Gasteiger partial charge in [-0.15, -0.1) is 0 Å². The molecule has 0 aliphatic carbocycles. The Kier molecular flexibility index (Phi) is 2.57. The first kappa shape index (κ1) is 11.6. The molecule has 3 aliphatic rings. The fourth-order valence-corrected chi connectivity index (χ4v) is 2.69. The van der Waals surface area contributed by atoms with Crippen molar-refractivity contribution in [3.63, 3.8) is 0 Å². The average Bonchev–Trinajstić information content (AvgIpc) is 2.88. The highest BCUT2D eigenvalue weighted by atomic mass is 16.8. The molecule has 0 bridgehead atoms. The van der Waals surface area contributed by atoms with Crippen molar-refractivity contribution in [2.24, 2.45) is 0 Å². The first-order chi connectivity index (χ1) is 8.08. The van der Waals surface area contributed by atoms with Crippen molar-refractivity contribution in [3.8, 4) is 0 Å². The smallest absolute Gasteiger partial charge is 0.244 e. The van der Waals surface area contributed by atoms with Gasteiger partial charge in [0.05, 0.1) is 13.2 Å². The third-order valence-electron chi connectivity index (χ3n) is 3.72. The normalized spacial score (nSPS) is 50.2. The molecule has 3 unspecified atom stereocenters. The summed E-state index contributed by atoms with van der Waals surface area (Å²) in [6.07, 6.45) is 6.92. The van der Waals surface area contributed by atoms with Crippen LogP contribution in [0.2, 0.25) is 0 Å². The van der Waals surface area contributed by atoms with E-state index in [0.717, 1.165) is 12.8 Å². The summed E-state index contributed by atoms with van der Waals surface area (Å²) in [5, 5.41) is 20.7. The first-order valence-electron chi connectivity index (χ1n) is 6.21. The second-order valence-corrected chi connectivity index (χ2v) is 4.99. The van der Waals surface area contributed by atoms with Gasteiger partial charge in [-0.3, -0.25) is 0 Å². The highest BCUT2D eigenvalue weighted by Crippen LogP contribution is 2.45. The lowest BCUT2D eigenvalue weighted by molar-refractivity contribution is -0.395. The van der Waals surface area contributed by atoms with E-state index in [4.69, 9.17) is 14.2 Å².